The van der Waals surface area contributed by atoms with Crippen LogP contribution in [0.4, 0.5) is 15.0 Å². The van der Waals surface area contributed by atoms with Crippen molar-refractivity contribution in [1.82, 2.24) is 9.88 Å². The zero-order chi connectivity index (χ0) is 18.5. The second-order valence-electron chi connectivity index (χ2n) is 6.42. The number of hydrogen-bond acceptors (Lipinski definition) is 5. The van der Waals surface area contributed by atoms with E-state index in [0.29, 0.717) is 37.3 Å². The fourth-order valence-electron chi connectivity index (χ4n) is 2.23. The van der Waals surface area contributed by atoms with E-state index >= 15 is 0 Å². The number of carbonyl (C=O) groups excluding carboxylic acids is 1. The first-order valence-electron chi connectivity index (χ1n) is 7.77. The minimum atomic E-state index is -0.518. The summed E-state index contributed by atoms with van der Waals surface area (Å²) in [6, 6.07) is 1.29. The summed E-state index contributed by atoms with van der Waals surface area (Å²) in [4.78, 5) is 19.7. The summed E-state index contributed by atoms with van der Waals surface area (Å²) in [7, 11) is 6.65. The van der Waals surface area contributed by atoms with Gasteiger partial charge in [0.2, 0.25) is 0 Å². The molecule has 0 atom stereocenters. The Balaban J connectivity index is 0.00000139. The van der Waals surface area contributed by atoms with Crippen molar-refractivity contribution in [3.8, 4) is 0 Å². The molecule has 1 aliphatic rings. The molecule has 1 aromatic rings. The summed E-state index contributed by atoms with van der Waals surface area (Å²) in [6.45, 7) is 9.19. The Kier molecular flexibility index (Phi) is 7.01. The number of aromatic nitrogens is 1. The number of halogens is 1. The normalized spacial score (nSPS) is 14.8. The molecule has 2 radical (unpaired) electrons. The fraction of sp³-hybridized carbons (Fsp3) is 0.625. The highest BCUT2D eigenvalue weighted by molar-refractivity contribution is 6.33. The van der Waals surface area contributed by atoms with Gasteiger partial charge in [0.1, 0.15) is 13.4 Å². The van der Waals surface area contributed by atoms with E-state index in [2.05, 4.69) is 4.98 Å². The lowest BCUT2D eigenvalue weighted by atomic mass is 9.94. The predicted molar refractivity (Wildman–Crippen MR) is 92.5 cm³/mol. The van der Waals surface area contributed by atoms with Gasteiger partial charge >= 0.3 is 6.09 Å². The molecule has 0 spiro atoms. The largest absolute Gasteiger partial charge is 0.444 e. The molecule has 1 aromatic heterocycles. The van der Waals surface area contributed by atoms with Gasteiger partial charge in [-0.2, -0.15) is 0 Å². The summed E-state index contributed by atoms with van der Waals surface area (Å²) in [5, 5.41) is 7.00. The summed E-state index contributed by atoms with van der Waals surface area (Å²) in [5.74, 6) is -0.149. The lowest BCUT2D eigenvalue weighted by Gasteiger charge is -2.36. The first-order valence-corrected chi connectivity index (χ1v) is 7.77. The van der Waals surface area contributed by atoms with Crippen LogP contribution < -0.4 is 10.4 Å². The molecule has 0 aliphatic carbocycles. The van der Waals surface area contributed by atoms with Crippen LogP contribution in [-0.4, -0.2) is 67.8 Å². The monoisotopic (exact) mass is 337 g/mol. The van der Waals surface area contributed by atoms with Crippen molar-refractivity contribution in [2.24, 2.45) is 0 Å². The van der Waals surface area contributed by atoms with E-state index in [1.165, 1.54) is 6.07 Å². The van der Waals surface area contributed by atoms with Crippen LogP contribution in [0.2, 0.25) is 0 Å². The molecule has 8 heteroatoms. The van der Waals surface area contributed by atoms with Gasteiger partial charge in [-0.3, -0.25) is 0 Å². The highest BCUT2D eigenvalue weighted by atomic mass is 19.1. The number of carbonyl (C=O) groups is 1. The minimum absolute atomic E-state index is 0.288. The maximum atomic E-state index is 14.0. The van der Waals surface area contributed by atoms with Crippen molar-refractivity contribution in [2.75, 3.05) is 38.2 Å². The quantitative estimate of drug-likeness (QED) is 0.774. The molecule has 0 bridgehead atoms. The van der Waals surface area contributed by atoms with Gasteiger partial charge in [0.15, 0.2) is 11.6 Å². The average molecular weight is 337 g/mol. The maximum absolute atomic E-state index is 14.0. The topological polar surface area (TPSA) is 65.9 Å². The molecule has 24 heavy (non-hydrogen) atoms. The molecule has 1 fully saturated rings. The summed E-state index contributed by atoms with van der Waals surface area (Å²) in [6.07, 6.45) is -0.339. The lowest BCUT2D eigenvalue weighted by Crippen LogP contribution is -2.50. The van der Waals surface area contributed by atoms with E-state index in [0.717, 1.165) is 7.11 Å². The highest BCUT2D eigenvalue weighted by Gasteiger charge is 2.27. The summed E-state index contributed by atoms with van der Waals surface area (Å²) in [5.41, 5.74) is 0.426. The van der Waals surface area contributed by atoms with Crippen molar-refractivity contribution in [3.63, 3.8) is 0 Å². The van der Waals surface area contributed by atoms with E-state index < -0.39 is 11.4 Å². The van der Waals surface area contributed by atoms with Crippen LogP contribution in [0.15, 0.2) is 6.07 Å². The molecule has 6 nitrogen and oxygen atoms in total. The van der Waals surface area contributed by atoms with Crippen molar-refractivity contribution in [3.05, 3.63) is 17.6 Å². The molecule has 2 rings (SSSR count). The Morgan fingerprint density at radius 1 is 1.29 bits per heavy atom. The Morgan fingerprint density at radius 2 is 1.83 bits per heavy atom. The Morgan fingerprint density at radius 3 is 2.33 bits per heavy atom. The molecule has 0 aromatic carbocycles. The van der Waals surface area contributed by atoms with Gasteiger partial charge in [0.05, 0.1) is 0 Å². The number of aliphatic hydroxyl groups excluding tert-OH is 1. The van der Waals surface area contributed by atoms with Gasteiger partial charge in [0, 0.05) is 39.0 Å². The number of nitrogens with zero attached hydrogens (tertiary/aromatic N) is 3. The van der Waals surface area contributed by atoms with E-state index in [-0.39, 0.29) is 11.9 Å². The van der Waals surface area contributed by atoms with Gasteiger partial charge in [-0.25, -0.2) is 14.2 Å². The maximum Gasteiger partial charge on any atom is 0.410 e. The van der Waals surface area contributed by atoms with Crippen molar-refractivity contribution < 1.29 is 19.0 Å². The van der Waals surface area contributed by atoms with Gasteiger partial charge in [-0.15, -0.1) is 0 Å². The van der Waals surface area contributed by atoms with Crippen LogP contribution in [-0.2, 0) is 4.74 Å². The lowest BCUT2D eigenvalue weighted by molar-refractivity contribution is 0.0240. The second kappa shape index (κ2) is 8.33. The van der Waals surface area contributed by atoms with Crippen LogP contribution in [0.25, 0.3) is 0 Å². The zero-order valence-electron chi connectivity index (χ0n) is 15.0. The first kappa shape index (κ1) is 20.2. The number of aryl methyl sites for hydroxylation is 1. The predicted octanol–water partition coefficient (Wildman–Crippen LogP) is 0.989. The number of piperazine rings is 1. The van der Waals surface area contributed by atoms with Gasteiger partial charge < -0.3 is 19.6 Å². The number of hydrogen-bond donors (Lipinski definition) is 1. The van der Waals surface area contributed by atoms with E-state index in [1.54, 1.807) is 11.8 Å². The molecule has 2 heterocycles. The van der Waals surface area contributed by atoms with Gasteiger partial charge in [-0.05, 0) is 33.8 Å². The highest BCUT2D eigenvalue weighted by Crippen LogP contribution is 2.19. The van der Waals surface area contributed by atoms with E-state index in [1.807, 2.05) is 25.7 Å². The van der Waals surface area contributed by atoms with Gasteiger partial charge in [0.25, 0.3) is 0 Å². The SMILES string of the molecule is CO.[B]c1cc(F)c(N2CCN(C(=O)OC(C)(C)C)CC2)nc1C. The summed E-state index contributed by atoms with van der Waals surface area (Å²) >= 11 is 0. The molecule has 1 aliphatic heterocycles. The van der Waals surface area contributed by atoms with E-state index in [4.69, 9.17) is 17.7 Å². The standard InChI is InChI=1S/C15H21BFN3O2.CH4O/c1-10-11(16)9-12(17)13(18-10)19-5-7-20(8-6-19)14(21)22-15(2,3)4;1-2/h9H,5-8H2,1-4H3;2H,1H3. The minimum Gasteiger partial charge on any atom is -0.444 e. The molecule has 0 saturated carbocycles. The summed E-state index contributed by atoms with van der Waals surface area (Å²) < 4.78 is 19.3. The molecule has 132 valence electrons. The van der Waals surface area contributed by atoms with Crippen molar-refractivity contribution in [1.29, 1.82) is 0 Å². The smallest absolute Gasteiger partial charge is 0.410 e. The van der Waals surface area contributed by atoms with Crippen LogP contribution in [0, 0.1) is 12.7 Å². The third-order valence-corrected chi connectivity index (χ3v) is 3.42. The molecule has 1 saturated heterocycles. The second-order valence-corrected chi connectivity index (χ2v) is 6.42. The molecule has 1 N–H and O–H groups in total. The molecule has 0 unspecified atom stereocenters. The number of amides is 1. The Labute approximate surface area is 144 Å². The third-order valence-electron chi connectivity index (χ3n) is 3.42. The average Bonchev–Trinajstić information content (AvgIpc) is 2.51. The van der Waals surface area contributed by atoms with Crippen LogP contribution in [0.5, 0.6) is 0 Å². The fourth-order valence-corrected chi connectivity index (χ4v) is 2.23. The number of pyridine rings is 1. The Hall–Kier alpha value is -1.83. The van der Waals surface area contributed by atoms with Crippen LogP contribution >= 0.6 is 0 Å². The molecular formula is C16H25BFN3O3. The first-order chi connectivity index (χ1) is 11.2. The van der Waals surface area contributed by atoms with Gasteiger partial charge in [-0.1, -0.05) is 5.46 Å². The van der Waals surface area contributed by atoms with Crippen LogP contribution in [0.3, 0.4) is 0 Å². The number of aliphatic hydroxyl groups is 1. The van der Waals surface area contributed by atoms with Crippen molar-refractivity contribution >= 4 is 25.2 Å². The third kappa shape index (κ3) is 5.37. The van der Waals surface area contributed by atoms with Crippen LogP contribution in [0.1, 0.15) is 26.5 Å². The van der Waals surface area contributed by atoms with E-state index in [9.17, 15) is 9.18 Å². The van der Waals surface area contributed by atoms with Crippen molar-refractivity contribution in [2.45, 2.75) is 33.3 Å². The zero-order valence-corrected chi connectivity index (χ0v) is 15.0. The molecule has 1 amide bonds. The number of anilines is 1. The number of ether oxygens (including phenoxy) is 1. The Bertz CT molecular complexity index is 570. The number of rotatable bonds is 1. The molecular weight excluding hydrogens is 312 g/mol.